The zero-order valence-corrected chi connectivity index (χ0v) is 21.2. The molecular weight excluding hydrogens is 482 g/mol. The van der Waals surface area contributed by atoms with Crippen molar-refractivity contribution in [3.8, 4) is 11.3 Å². The standard InChI is InChI=1S/C30H25N3O3S/c1-20-8-15-25(16-9-20)37(35,36)33-24-13-11-23(12-14-24)31-30(34)27-19-29(22-6-4-3-5-7-22)32-28-17-10-21(2)18-26(27)28/h3-19,33H,1-2H3,(H,31,34). The number of pyridine rings is 1. The van der Waals surface area contributed by atoms with E-state index in [-0.39, 0.29) is 10.8 Å². The van der Waals surface area contributed by atoms with Gasteiger partial charge in [-0.1, -0.05) is 59.7 Å². The molecule has 5 aromatic rings. The van der Waals surface area contributed by atoms with Crippen LogP contribution in [0.1, 0.15) is 21.5 Å². The van der Waals surface area contributed by atoms with E-state index < -0.39 is 10.0 Å². The van der Waals surface area contributed by atoms with Gasteiger partial charge in [0, 0.05) is 22.3 Å². The Hall–Kier alpha value is -4.49. The van der Waals surface area contributed by atoms with E-state index in [9.17, 15) is 13.2 Å². The zero-order valence-electron chi connectivity index (χ0n) is 20.4. The van der Waals surface area contributed by atoms with E-state index >= 15 is 0 Å². The minimum absolute atomic E-state index is 0.185. The molecule has 1 heterocycles. The second-order valence-corrected chi connectivity index (χ2v) is 10.6. The van der Waals surface area contributed by atoms with E-state index in [0.29, 0.717) is 22.6 Å². The normalized spacial score (nSPS) is 11.3. The predicted octanol–water partition coefficient (Wildman–Crippen LogP) is 6.57. The van der Waals surface area contributed by atoms with Crippen LogP contribution in [0.15, 0.2) is 108 Å². The van der Waals surface area contributed by atoms with E-state index in [1.54, 1.807) is 54.6 Å². The van der Waals surface area contributed by atoms with E-state index in [1.807, 2.05) is 62.4 Å². The summed E-state index contributed by atoms with van der Waals surface area (Å²) in [6, 6.07) is 30.6. The third-order valence-corrected chi connectivity index (χ3v) is 7.40. The number of anilines is 2. The van der Waals surface area contributed by atoms with Gasteiger partial charge in [-0.25, -0.2) is 13.4 Å². The lowest BCUT2D eigenvalue weighted by Crippen LogP contribution is -2.14. The largest absolute Gasteiger partial charge is 0.322 e. The van der Waals surface area contributed by atoms with Crippen molar-refractivity contribution in [2.24, 2.45) is 0 Å². The van der Waals surface area contributed by atoms with Crippen LogP contribution >= 0.6 is 0 Å². The lowest BCUT2D eigenvalue weighted by molar-refractivity contribution is 0.102. The molecule has 0 saturated heterocycles. The van der Waals surface area contributed by atoms with Crippen molar-refractivity contribution in [1.82, 2.24) is 4.98 Å². The van der Waals surface area contributed by atoms with Gasteiger partial charge in [-0.15, -0.1) is 0 Å². The molecule has 2 N–H and O–H groups in total. The van der Waals surface area contributed by atoms with Gasteiger partial charge in [0.1, 0.15) is 0 Å². The Labute approximate surface area is 216 Å². The maximum Gasteiger partial charge on any atom is 0.261 e. The molecule has 0 atom stereocenters. The smallest absolute Gasteiger partial charge is 0.261 e. The topological polar surface area (TPSA) is 88.2 Å². The van der Waals surface area contributed by atoms with Crippen molar-refractivity contribution < 1.29 is 13.2 Å². The van der Waals surface area contributed by atoms with Crippen molar-refractivity contribution in [3.63, 3.8) is 0 Å². The molecule has 6 nitrogen and oxygen atoms in total. The van der Waals surface area contributed by atoms with Crippen LogP contribution in [0.3, 0.4) is 0 Å². The molecule has 4 aromatic carbocycles. The van der Waals surface area contributed by atoms with Gasteiger partial charge in [-0.2, -0.15) is 0 Å². The number of rotatable bonds is 6. The van der Waals surface area contributed by atoms with Gasteiger partial charge in [0.15, 0.2) is 0 Å². The molecule has 37 heavy (non-hydrogen) atoms. The van der Waals surface area contributed by atoms with Crippen LogP contribution in [0.25, 0.3) is 22.2 Å². The van der Waals surface area contributed by atoms with Gasteiger partial charge in [0.2, 0.25) is 0 Å². The number of fused-ring (bicyclic) bond motifs is 1. The number of carbonyl (C=O) groups is 1. The van der Waals surface area contributed by atoms with Crippen molar-refractivity contribution >= 4 is 38.2 Å². The van der Waals surface area contributed by atoms with Gasteiger partial charge in [0.25, 0.3) is 15.9 Å². The summed E-state index contributed by atoms with van der Waals surface area (Å²) in [5, 5.41) is 3.70. The van der Waals surface area contributed by atoms with Crippen molar-refractivity contribution in [3.05, 3.63) is 120 Å². The Kier molecular flexibility index (Phi) is 6.46. The summed E-state index contributed by atoms with van der Waals surface area (Å²) >= 11 is 0. The van der Waals surface area contributed by atoms with Gasteiger partial charge >= 0.3 is 0 Å². The lowest BCUT2D eigenvalue weighted by Gasteiger charge is -2.12. The molecule has 0 aliphatic carbocycles. The van der Waals surface area contributed by atoms with Gasteiger partial charge in [-0.05, 0) is 68.4 Å². The van der Waals surface area contributed by atoms with Crippen LogP contribution in [-0.2, 0) is 10.0 Å². The fourth-order valence-electron chi connectivity index (χ4n) is 4.04. The number of hydrogen-bond acceptors (Lipinski definition) is 4. The highest BCUT2D eigenvalue weighted by Crippen LogP contribution is 2.27. The first-order valence-corrected chi connectivity index (χ1v) is 13.2. The quantitative estimate of drug-likeness (QED) is 0.272. The third kappa shape index (κ3) is 5.37. The summed E-state index contributed by atoms with van der Waals surface area (Å²) in [7, 11) is -3.71. The Morgan fingerprint density at radius 2 is 1.38 bits per heavy atom. The first-order chi connectivity index (χ1) is 17.8. The Morgan fingerprint density at radius 3 is 2.08 bits per heavy atom. The molecule has 0 bridgehead atoms. The van der Waals surface area contributed by atoms with Crippen LogP contribution < -0.4 is 10.0 Å². The average Bonchev–Trinajstić information content (AvgIpc) is 2.90. The second-order valence-electron chi connectivity index (χ2n) is 8.89. The number of sulfonamides is 1. The number of amides is 1. The lowest BCUT2D eigenvalue weighted by atomic mass is 10.0. The van der Waals surface area contributed by atoms with Crippen LogP contribution in [0.5, 0.6) is 0 Å². The summed E-state index contributed by atoms with van der Waals surface area (Å²) in [5.41, 5.74) is 5.83. The van der Waals surface area contributed by atoms with Gasteiger partial charge in [-0.3, -0.25) is 9.52 Å². The summed E-state index contributed by atoms with van der Waals surface area (Å²) < 4.78 is 27.9. The van der Waals surface area contributed by atoms with Crippen LogP contribution in [0, 0.1) is 13.8 Å². The zero-order chi connectivity index (χ0) is 26.0. The Morgan fingerprint density at radius 1 is 0.730 bits per heavy atom. The summed E-state index contributed by atoms with van der Waals surface area (Å²) in [4.78, 5) is 18.4. The molecule has 0 spiro atoms. The second kappa shape index (κ2) is 9.87. The third-order valence-electron chi connectivity index (χ3n) is 6.00. The fraction of sp³-hybridized carbons (Fsp3) is 0.0667. The average molecular weight is 508 g/mol. The van der Waals surface area contributed by atoms with E-state index in [2.05, 4.69) is 10.0 Å². The molecule has 0 fully saturated rings. The minimum Gasteiger partial charge on any atom is -0.322 e. The fourth-order valence-corrected chi connectivity index (χ4v) is 5.09. The number of aryl methyl sites for hydroxylation is 2. The van der Waals surface area contributed by atoms with Gasteiger partial charge < -0.3 is 5.32 Å². The van der Waals surface area contributed by atoms with Crippen LogP contribution in [-0.4, -0.2) is 19.3 Å². The SMILES string of the molecule is Cc1ccc(S(=O)(=O)Nc2ccc(NC(=O)c3cc(-c4ccccc4)nc4ccc(C)cc34)cc2)cc1. The van der Waals surface area contributed by atoms with Crippen molar-refractivity contribution in [2.75, 3.05) is 10.0 Å². The minimum atomic E-state index is -3.71. The first-order valence-electron chi connectivity index (χ1n) is 11.8. The molecule has 184 valence electrons. The predicted molar refractivity (Wildman–Crippen MR) is 148 cm³/mol. The molecule has 0 unspecified atom stereocenters. The molecule has 1 aromatic heterocycles. The number of carbonyl (C=O) groups excluding carboxylic acids is 1. The first kappa shape index (κ1) is 24.2. The molecule has 0 aliphatic rings. The number of nitrogens with one attached hydrogen (secondary N) is 2. The molecule has 5 rings (SSSR count). The number of hydrogen-bond donors (Lipinski definition) is 2. The molecule has 0 saturated carbocycles. The summed E-state index contributed by atoms with van der Waals surface area (Å²) in [5.74, 6) is -0.275. The van der Waals surface area contributed by atoms with Crippen molar-refractivity contribution in [2.45, 2.75) is 18.7 Å². The highest BCUT2D eigenvalue weighted by atomic mass is 32.2. The van der Waals surface area contributed by atoms with Crippen LogP contribution in [0.4, 0.5) is 11.4 Å². The maximum absolute atomic E-state index is 13.4. The highest BCUT2D eigenvalue weighted by molar-refractivity contribution is 7.92. The molecular formula is C30H25N3O3S. The molecule has 0 aliphatic heterocycles. The number of aromatic nitrogens is 1. The van der Waals surface area contributed by atoms with Crippen LogP contribution in [0.2, 0.25) is 0 Å². The maximum atomic E-state index is 13.4. The molecule has 0 radical (unpaired) electrons. The summed E-state index contributed by atoms with van der Waals surface area (Å²) in [6.07, 6.45) is 0. The summed E-state index contributed by atoms with van der Waals surface area (Å²) in [6.45, 7) is 3.87. The highest BCUT2D eigenvalue weighted by Gasteiger charge is 2.16. The Balaban J connectivity index is 1.40. The monoisotopic (exact) mass is 507 g/mol. The molecule has 7 heteroatoms. The van der Waals surface area contributed by atoms with Gasteiger partial charge in [0.05, 0.1) is 21.7 Å². The Bertz CT molecular complexity index is 1700. The van der Waals surface area contributed by atoms with E-state index in [4.69, 9.17) is 4.98 Å². The molecule has 1 amide bonds. The van der Waals surface area contributed by atoms with E-state index in [0.717, 1.165) is 27.6 Å². The van der Waals surface area contributed by atoms with Crippen molar-refractivity contribution in [1.29, 1.82) is 0 Å². The number of nitrogens with zero attached hydrogens (tertiary/aromatic N) is 1. The number of benzene rings is 4. The van der Waals surface area contributed by atoms with E-state index in [1.165, 1.54) is 0 Å².